The molecule has 4 aromatic rings. The molecule has 3 aromatic carbocycles. The van der Waals surface area contributed by atoms with Crippen molar-refractivity contribution in [2.45, 2.75) is 0 Å². The highest BCUT2D eigenvalue weighted by molar-refractivity contribution is 6.30. The molecule has 1 aromatic heterocycles. The molecule has 0 radical (unpaired) electrons. The molecule has 4 rings (SSSR count). The minimum absolute atomic E-state index is 0.226. The van der Waals surface area contributed by atoms with E-state index < -0.39 is 0 Å². The summed E-state index contributed by atoms with van der Waals surface area (Å²) in [5.41, 5.74) is 3.13. The molecule has 33 heavy (non-hydrogen) atoms. The van der Waals surface area contributed by atoms with Gasteiger partial charge in [-0.3, -0.25) is 4.79 Å². The monoisotopic (exact) mass is 460 g/mol. The largest absolute Gasteiger partial charge is 0.493 e. The van der Waals surface area contributed by atoms with Crippen LogP contribution in [0.25, 0.3) is 17.0 Å². The number of hydrogen-bond donors (Lipinski definition) is 2. The third kappa shape index (κ3) is 5.39. The molecule has 0 aliphatic carbocycles. The minimum atomic E-state index is -0.226. The summed E-state index contributed by atoms with van der Waals surface area (Å²) in [6, 6.07) is 18.2. The second kappa shape index (κ2) is 10.0. The number of fused-ring (bicyclic) bond motifs is 1. The zero-order chi connectivity index (χ0) is 23.2. The van der Waals surface area contributed by atoms with E-state index in [1.54, 1.807) is 44.6 Å². The molecule has 0 atom stereocenters. The van der Waals surface area contributed by atoms with Gasteiger partial charge in [-0.05, 0) is 54.1 Å². The van der Waals surface area contributed by atoms with Gasteiger partial charge in [0, 0.05) is 33.9 Å². The number of aromatic nitrogens is 2. The summed E-state index contributed by atoms with van der Waals surface area (Å²) in [6.07, 6.45) is 4.72. The van der Waals surface area contributed by atoms with Crippen molar-refractivity contribution in [2.75, 3.05) is 24.9 Å². The van der Waals surface area contributed by atoms with Gasteiger partial charge < -0.3 is 20.1 Å². The molecule has 0 spiro atoms. The molecule has 0 fully saturated rings. The second-order valence-corrected chi connectivity index (χ2v) is 7.46. The minimum Gasteiger partial charge on any atom is -0.493 e. The van der Waals surface area contributed by atoms with Gasteiger partial charge >= 0.3 is 0 Å². The maximum absolute atomic E-state index is 12.1. The summed E-state index contributed by atoms with van der Waals surface area (Å²) in [5.74, 6) is 1.62. The quantitative estimate of drug-likeness (QED) is 0.344. The van der Waals surface area contributed by atoms with Crippen molar-refractivity contribution in [3.63, 3.8) is 0 Å². The van der Waals surface area contributed by atoms with Crippen LogP contribution in [0.3, 0.4) is 0 Å². The van der Waals surface area contributed by atoms with Crippen LogP contribution < -0.4 is 20.1 Å². The Hall–Kier alpha value is -4.10. The molecule has 1 heterocycles. The average Bonchev–Trinajstić information content (AvgIpc) is 2.84. The Labute approximate surface area is 196 Å². The van der Waals surface area contributed by atoms with Crippen molar-refractivity contribution in [3.8, 4) is 11.5 Å². The van der Waals surface area contributed by atoms with Crippen LogP contribution in [0.1, 0.15) is 5.56 Å². The van der Waals surface area contributed by atoms with Crippen LogP contribution in [0.5, 0.6) is 11.5 Å². The molecule has 2 N–H and O–H groups in total. The number of anilines is 3. The third-order valence-electron chi connectivity index (χ3n) is 4.85. The Bertz CT molecular complexity index is 1310. The molecule has 0 bridgehead atoms. The van der Waals surface area contributed by atoms with E-state index in [0.29, 0.717) is 28.0 Å². The summed E-state index contributed by atoms with van der Waals surface area (Å²) in [4.78, 5) is 20.8. The molecule has 0 aliphatic heterocycles. The standard InChI is InChI=1S/C25H21ClN4O3/c1-32-22-13-20-21(14-23(22)33-2)27-15-28-25(20)30-19-8-3-16(4-9-19)5-12-24(31)29-18-10-6-17(26)7-11-18/h3-15H,1-2H3,(H,29,31)(H,27,28,30). The van der Waals surface area contributed by atoms with Gasteiger partial charge in [0.2, 0.25) is 5.91 Å². The topological polar surface area (TPSA) is 85.4 Å². The number of nitrogens with one attached hydrogen (secondary N) is 2. The van der Waals surface area contributed by atoms with Crippen LogP contribution in [0, 0.1) is 0 Å². The van der Waals surface area contributed by atoms with E-state index in [2.05, 4.69) is 20.6 Å². The smallest absolute Gasteiger partial charge is 0.248 e. The van der Waals surface area contributed by atoms with E-state index in [9.17, 15) is 4.79 Å². The lowest BCUT2D eigenvalue weighted by molar-refractivity contribution is -0.111. The lowest BCUT2D eigenvalue weighted by Crippen LogP contribution is -2.07. The van der Waals surface area contributed by atoms with E-state index in [1.807, 2.05) is 36.4 Å². The second-order valence-electron chi connectivity index (χ2n) is 7.02. The van der Waals surface area contributed by atoms with Gasteiger partial charge in [0.15, 0.2) is 11.5 Å². The number of hydrogen-bond acceptors (Lipinski definition) is 6. The number of methoxy groups -OCH3 is 2. The lowest BCUT2D eigenvalue weighted by Gasteiger charge is -2.12. The number of halogens is 1. The third-order valence-corrected chi connectivity index (χ3v) is 5.10. The van der Waals surface area contributed by atoms with Gasteiger partial charge in [-0.15, -0.1) is 0 Å². The number of benzene rings is 3. The van der Waals surface area contributed by atoms with E-state index in [1.165, 1.54) is 12.4 Å². The summed E-state index contributed by atoms with van der Waals surface area (Å²) < 4.78 is 10.7. The Morgan fingerprint density at radius 3 is 2.27 bits per heavy atom. The van der Waals surface area contributed by atoms with Crippen LogP contribution in [-0.2, 0) is 4.79 Å². The van der Waals surface area contributed by atoms with Crippen LogP contribution in [0.2, 0.25) is 5.02 Å². The van der Waals surface area contributed by atoms with E-state index in [4.69, 9.17) is 21.1 Å². The van der Waals surface area contributed by atoms with Crippen molar-refractivity contribution in [1.82, 2.24) is 9.97 Å². The molecule has 166 valence electrons. The zero-order valence-corrected chi connectivity index (χ0v) is 18.8. The predicted octanol–water partition coefficient (Wildman–Crippen LogP) is 5.70. The Morgan fingerprint density at radius 1 is 0.909 bits per heavy atom. The molecular formula is C25H21ClN4O3. The molecule has 7 nitrogen and oxygen atoms in total. The van der Waals surface area contributed by atoms with E-state index in [0.717, 1.165) is 22.2 Å². The van der Waals surface area contributed by atoms with Gasteiger partial charge in [-0.25, -0.2) is 9.97 Å². The SMILES string of the molecule is COc1cc2ncnc(Nc3ccc(C=CC(=O)Nc4ccc(Cl)cc4)cc3)c2cc1OC. The van der Waals surface area contributed by atoms with Gasteiger partial charge in [-0.1, -0.05) is 23.7 Å². The first kappa shape index (κ1) is 22.1. The molecule has 0 saturated carbocycles. The van der Waals surface area contributed by atoms with Crippen LogP contribution in [0.4, 0.5) is 17.2 Å². The Kier molecular flexibility index (Phi) is 6.71. The zero-order valence-electron chi connectivity index (χ0n) is 18.0. The molecule has 1 amide bonds. The highest BCUT2D eigenvalue weighted by Gasteiger charge is 2.11. The van der Waals surface area contributed by atoms with Crippen molar-refractivity contribution < 1.29 is 14.3 Å². The summed E-state index contributed by atoms with van der Waals surface area (Å²) in [5, 5.41) is 7.51. The fraction of sp³-hybridized carbons (Fsp3) is 0.0800. The fourth-order valence-electron chi connectivity index (χ4n) is 3.19. The van der Waals surface area contributed by atoms with Gasteiger partial charge in [0.25, 0.3) is 0 Å². The van der Waals surface area contributed by atoms with Crippen molar-refractivity contribution in [1.29, 1.82) is 0 Å². The summed E-state index contributed by atoms with van der Waals surface area (Å²) >= 11 is 5.86. The molecular weight excluding hydrogens is 440 g/mol. The number of rotatable bonds is 7. The highest BCUT2D eigenvalue weighted by Crippen LogP contribution is 2.34. The Balaban J connectivity index is 1.46. The molecule has 0 saturated heterocycles. The first-order chi connectivity index (χ1) is 16.1. The number of amides is 1. The molecule has 8 heteroatoms. The lowest BCUT2D eigenvalue weighted by atomic mass is 10.1. The molecule has 0 unspecified atom stereocenters. The van der Waals surface area contributed by atoms with E-state index >= 15 is 0 Å². The van der Waals surface area contributed by atoms with Gasteiger partial charge in [0.05, 0.1) is 19.7 Å². The number of nitrogens with zero attached hydrogens (tertiary/aromatic N) is 2. The summed E-state index contributed by atoms with van der Waals surface area (Å²) in [7, 11) is 3.17. The van der Waals surface area contributed by atoms with Gasteiger partial charge in [0.1, 0.15) is 12.1 Å². The van der Waals surface area contributed by atoms with Crippen molar-refractivity contribution in [3.05, 3.63) is 83.7 Å². The normalized spacial score (nSPS) is 10.9. The number of ether oxygens (including phenoxy) is 2. The van der Waals surface area contributed by atoms with Crippen LogP contribution in [0.15, 0.2) is 73.1 Å². The molecule has 0 aliphatic rings. The van der Waals surface area contributed by atoms with Crippen molar-refractivity contribution >= 4 is 51.7 Å². The fourth-order valence-corrected chi connectivity index (χ4v) is 3.31. The predicted molar refractivity (Wildman–Crippen MR) is 131 cm³/mol. The number of carbonyl (C=O) groups excluding carboxylic acids is 1. The first-order valence-corrected chi connectivity index (χ1v) is 10.4. The average molecular weight is 461 g/mol. The summed E-state index contributed by atoms with van der Waals surface area (Å²) in [6.45, 7) is 0. The number of carbonyl (C=O) groups is 1. The van der Waals surface area contributed by atoms with E-state index in [-0.39, 0.29) is 5.91 Å². The maximum atomic E-state index is 12.1. The van der Waals surface area contributed by atoms with Crippen LogP contribution >= 0.6 is 11.6 Å². The van der Waals surface area contributed by atoms with Crippen LogP contribution in [-0.4, -0.2) is 30.1 Å². The van der Waals surface area contributed by atoms with Gasteiger partial charge in [-0.2, -0.15) is 0 Å². The maximum Gasteiger partial charge on any atom is 0.248 e. The first-order valence-electron chi connectivity index (χ1n) is 10.0. The highest BCUT2D eigenvalue weighted by atomic mass is 35.5. The van der Waals surface area contributed by atoms with Crippen molar-refractivity contribution in [2.24, 2.45) is 0 Å². The Morgan fingerprint density at radius 2 is 1.58 bits per heavy atom.